The minimum absolute atomic E-state index is 0.0525. The van der Waals surface area contributed by atoms with Gasteiger partial charge in [-0.1, -0.05) is 64.3 Å². The highest BCUT2D eigenvalue weighted by Crippen LogP contribution is 2.16. The fourth-order valence-corrected chi connectivity index (χ4v) is 2.19. The lowest BCUT2D eigenvalue weighted by molar-refractivity contribution is -0.118. The van der Waals surface area contributed by atoms with Crippen molar-refractivity contribution in [3.05, 3.63) is 71.6 Å². The maximum Gasteiger partial charge on any atom is 0.247 e. The van der Waals surface area contributed by atoms with Crippen molar-refractivity contribution in [3.8, 4) is 11.8 Å². The number of rotatable bonds is 7. The second-order valence-electron chi connectivity index (χ2n) is 7.02. The van der Waals surface area contributed by atoms with Gasteiger partial charge in [0.25, 0.3) is 0 Å². The topological polar surface area (TPSA) is 29.1 Å². The first-order valence-electron chi connectivity index (χ1n) is 9.41. The molecule has 1 N–H and O–H groups in total. The number of hydrogen-bond acceptors (Lipinski definition) is 1. The molecule has 0 aliphatic rings. The Hall–Kier alpha value is -2.60. The lowest BCUT2D eigenvalue weighted by Crippen LogP contribution is -2.38. The van der Waals surface area contributed by atoms with E-state index in [0.717, 1.165) is 12.0 Å². The molecule has 0 aliphatic carbocycles. The summed E-state index contributed by atoms with van der Waals surface area (Å²) >= 11 is 0. The Morgan fingerprint density at radius 1 is 1.26 bits per heavy atom. The van der Waals surface area contributed by atoms with Crippen LogP contribution in [0.4, 0.5) is 4.39 Å². The van der Waals surface area contributed by atoms with Gasteiger partial charge in [0.15, 0.2) is 0 Å². The molecule has 1 aromatic carbocycles. The van der Waals surface area contributed by atoms with Gasteiger partial charge in [0.1, 0.15) is 5.82 Å². The summed E-state index contributed by atoms with van der Waals surface area (Å²) in [5.74, 6) is 6.01. The SMILES string of the molecule is C=CC(C#Cc1cccc(F)c1)=CC=C(C(=O)NC(C)C(C)C)C(C)CC. The number of nitrogens with one attached hydrogen (secondary N) is 1. The monoisotopic (exact) mass is 367 g/mol. The number of benzene rings is 1. The summed E-state index contributed by atoms with van der Waals surface area (Å²) in [5, 5.41) is 3.06. The van der Waals surface area contributed by atoms with E-state index in [2.05, 4.69) is 44.5 Å². The van der Waals surface area contributed by atoms with Gasteiger partial charge in [-0.25, -0.2) is 4.39 Å². The average molecular weight is 368 g/mol. The van der Waals surface area contributed by atoms with Gasteiger partial charge in [-0.05, 0) is 49.5 Å². The van der Waals surface area contributed by atoms with E-state index >= 15 is 0 Å². The van der Waals surface area contributed by atoms with E-state index in [1.54, 1.807) is 24.3 Å². The molecular formula is C24H30FNO. The molecule has 2 unspecified atom stereocenters. The molecule has 0 aliphatic heterocycles. The van der Waals surface area contributed by atoms with Gasteiger partial charge in [0, 0.05) is 22.8 Å². The van der Waals surface area contributed by atoms with E-state index in [1.807, 2.05) is 19.9 Å². The minimum atomic E-state index is -0.319. The lowest BCUT2D eigenvalue weighted by Gasteiger charge is -2.20. The van der Waals surface area contributed by atoms with Crippen LogP contribution < -0.4 is 5.32 Å². The predicted molar refractivity (Wildman–Crippen MR) is 112 cm³/mol. The van der Waals surface area contributed by atoms with Crippen LogP contribution in [0.5, 0.6) is 0 Å². The van der Waals surface area contributed by atoms with E-state index in [9.17, 15) is 9.18 Å². The highest BCUT2D eigenvalue weighted by Gasteiger charge is 2.18. The van der Waals surface area contributed by atoms with E-state index in [0.29, 0.717) is 17.1 Å². The molecule has 0 aromatic heterocycles. The van der Waals surface area contributed by atoms with Gasteiger partial charge >= 0.3 is 0 Å². The third-order valence-corrected chi connectivity index (χ3v) is 4.60. The number of halogens is 1. The molecule has 1 amide bonds. The molecule has 27 heavy (non-hydrogen) atoms. The first-order chi connectivity index (χ1) is 12.8. The Morgan fingerprint density at radius 3 is 2.52 bits per heavy atom. The third kappa shape index (κ3) is 7.66. The summed E-state index contributed by atoms with van der Waals surface area (Å²) in [6, 6.07) is 6.23. The molecule has 0 fully saturated rings. The molecule has 0 radical (unpaired) electrons. The van der Waals surface area contributed by atoms with Crippen molar-refractivity contribution in [3.63, 3.8) is 0 Å². The summed E-state index contributed by atoms with van der Waals surface area (Å²) in [7, 11) is 0. The maximum atomic E-state index is 13.2. The Balaban J connectivity index is 3.10. The summed E-state index contributed by atoms with van der Waals surface area (Å²) in [5.41, 5.74) is 1.99. The van der Waals surface area contributed by atoms with Crippen LogP contribution in [0.2, 0.25) is 0 Å². The molecule has 144 valence electrons. The van der Waals surface area contributed by atoms with Gasteiger partial charge in [0.05, 0.1) is 0 Å². The summed E-state index contributed by atoms with van der Waals surface area (Å²) < 4.78 is 13.2. The van der Waals surface area contributed by atoms with Gasteiger partial charge in [-0.2, -0.15) is 0 Å². The number of carbonyl (C=O) groups is 1. The van der Waals surface area contributed by atoms with E-state index in [-0.39, 0.29) is 23.7 Å². The second-order valence-corrected chi connectivity index (χ2v) is 7.02. The molecule has 0 bridgehead atoms. The van der Waals surface area contributed by atoms with Crippen molar-refractivity contribution in [1.29, 1.82) is 0 Å². The minimum Gasteiger partial charge on any atom is -0.350 e. The fraction of sp³-hybridized carbons (Fsp3) is 0.375. The zero-order valence-corrected chi connectivity index (χ0v) is 17.0. The predicted octanol–water partition coefficient (Wildman–Crippen LogP) is 5.42. The fourth-order valence-electron chi connectivity index (χ4n) is 2.19. The van der Waals surface area contributed by atoms with Gasteiger partial charge in [-0.3, -0.25) is 4.79 Å². The first-order valence-corrected chi connectivity index (χ1v) is 9.41. The van der Waals surface area contributed by atoms with Crippen LogP contribution in [-0.2, 0) is 4.79 Å². The first kappa shape index (κ1) is 22.4. The van der Waals surface area contributed by atoms with E-state index in [1.165, 1.54) is 12.1 Å². The molecule has 0 heterocycles. The highest BCUT2D eigenvalue weighted by molar-refractivity contribution is 5.94. The van der Waals surface area contributed by atoms with Crippen LogP contribution in [0.25, 0.3) is 0 Å². The molecular weight excluding hydrogens is 337 g/mol. The zero-order valence-electron chi connectivity index (χ0n) is 17.0. The van der Waals surface area contributed by atoms with Crippen molar-refractivity contribution in [2.45, 2.75) is 47.1 Å². The van der Waals surface area contributed by atoms with Crippen molar-refractivity contribution < 1.29 is 9.18 Å². The molecule has 0 saturated heterocycles. The molecule has 1 aromatic rings. The maximum absolute atomic E-state index is 13.2. The van der Waals surface area contributed by atoms with Crippen molar-refractivity contribution in [2.75, 3.05) is 0 Å². The molecule has 0 spiro atoms. The Labute approximate surface area is 163 Å². The van der Waals surface area contributed by atoms with Crippen LogP contribution in [0.1, 0.15) is 46.6 Å². The summed E-state index contributed by atoms with van der Waals surface area (Å²) in [4.78, 5) is 12.7. The molecule has 0 saturated carbocycles. The molecule has 1 rings (SSSR count). The third-order valence-electron chi connectivity index (χ3n) is 4.60. The average Bonchev–Trinajstić information content (AvgIpc) is 2.63. The van der Waals surface area contributed by atoms with Gasteiger partial charge < -0.3 is 5.32 Å². The molecule has 3 heteroatoms. The summed E-state index contributed by atoms with van der Waals surface area (Å²) in [6.45, 7) is 14.0. The normalized spacial score (nSPS) is 14.2. The van der Waals surface area contributed by atoms with Crippen LogP contribution in [-0.4, -0.2) is 11.9 Å². The smallest absolute Gasteiger partial charge is 0.247 e. The van der Waals surface area contributed by atoms with Crippen LogP contribution in [0.3, 0.4) is 0 Å². The Kier molecular flexibility index (Phi) is 9.30. The molecule has 2 atom stereocenters. The Bertz CT molecular complexity index is 777. The van der Waals surface area contributed by atoms with Crippen molar-refractivity contribution >= 4 is 5.91 Å². The molecule has 2 nitrogen and oxygen atoms in total. The quantitative estimate of drug-likeness (QED) is 0.389. The second kappa shape index (κ2) is 11.2. The van der Waals surface area contributed by atoms with Gasteiger partial charge in [0.2, 0.25) is 5.91 Å². The standard InChI is InChI=1S/C24H30FNO/c1-7-18(5)23(24(27)26-19(6)17(3)4)15-14-20(8-2)12-13-21-10-9-11-22(25)16-21/h8-11,14-19H,2,7H2,1,3-6H3,(H,26,27). The van der Waals surface area contributed by atoms with Crippen molar-refractivity contribution in [2.24, 2.45) is 11.8 Å². The van der Waals surface area contributed by atoms with Crippen LogP contribution >= 0.6 is 0 Å². The number of hydrogen-bond donors (Lipinski definition) is 1. The largest absolute Gasteiger partial charge is 0.350 e. The zero-order chi connectivity index (χ0) is 20.4. The Morgan fingerprint density at radius 2 is 1.96 bits per heavy atom. The van der Waals surface area contributed by atoms with Crippen molar-refractivity contribution in [1.82, 2.24) is 5.32 Å². The van der Waals surface area contributed by atoms with Crippen LogP contribution in [0.15, 0.2) is 60.2 Å². The van der Waals surface area contributed by atoms with E-state index < -0.39 is 0 Å². The number of amides is 1. The van der Waals surface area contributed by atoms with Gasteiger partial charge in [-0.15, -0.1) is 0 Å². The number of carbonyl (C=O) groups excluding carboxylic acids is 1. The number of allylic oxidation sites excluding steroid dienone is 4. The van der Waals surface area contributed by atoms with E-state index in [4.69, 9.17) is 0 Å². The highest BCUT2D eigenvalue weighted by atomic mass is 19.1. The van der Waals surface area contributed by atoms with Crippen LogP contribution in [0, 0.1) is 29.5 Å². The summed E-state index contributed by atoms with van der Waals surface area (Å²) in [6.07, 6.45) is 6.10. The lowest BCUT2D eigenvalue weighted by atomic mass is 9.95.